The van der Waals surface area contributed by atoms with Crippen molar-refractivity contribution in [3.05, 3.63) is 0 Å². The summed E-state index contributed by atoms with van der Waals surface area (Å²) in [6.45, 7) is 4.76. The van der Waals surface area contributed by atoms with Crippen LogP contribution in [0.25, 0.3) is 0 Å². The fourth-order valence-corrected chi connectivity index (χ4v) is 10.5. The summed E-state index contributed by atoms with van der Waals surface area (Å²) in [7, 11) is -9.86. The Morgan fingerprint density at radius 2 is 0.506 bits per heavy atom. The lowest BCUT2D eigenvalue weighted by Gasteiger charge is -2.21. The summed E-state index contributed by atoms with van der Waals surface area (Å²) in [4.78, 5) is 71.7. The van der Waals surface area contributed by atoms with Crippen LogP contribution in [0.3, 0.4) is 0 Å². The Balaban J connectivity index is 5.12. The van der Waals surface area contributed by atoms with Crippen LogP contribution >= 0.6 is 15.6 Å². The first-order valence-electron chi connectivity index (χ1n) is 31.8. The Kier molecular flexibility index (Phi) is 53.9. The summed E-state index contributed by atoms with van der Waals surface area (Å²) < 4.78 is 67.6. The van der Waals surface area contributed by atoms with Crippen LogP contribution < -0.4 is 0 Å². The average Bonchev–Trinajstić information content (AvgIpc) is 3.42. The SMILES string of the molecule is CCCCCCCCCCCCCCCCCC(=O)O[C@H](COC(=O)CCCCCCC)COP(=O)(O)OC[C@H](O)COP(=O)(O)OC[C@@H](COC(=O)CCCCCCCCCCCC)OC(=O)CCCCCCCCCCC. The van der Waals surface area contributed by atoms with Crippen molar-refractivity contribution in [2.24, 2.45) is 0 Å². The number of carbonyl (C=O) groups is 4. The third-order valence-electron chi connectivity index (χ3n) is 13.9. The molecule has 2 unspecified atom stereocenters. The lowest BCUT2D eigenvalue weighted by Crippen LogP contribution is -2.30. The van der Waals surface area contributed by atoms with E-state index < -0.39 is 97.5 Å². The van der Waals surface area contributed by atoms with E-state index in [0.29, 0.717) is 25.7 Å². The topological polar surface area (TPSA) is 237 Å². The van der Waals surface area contributed by atoms with Crippen molar-refractivity contribution in [3.63, 3.8) is 0 Å². The molecular formula is C60H116O17P2. The first-order valence-corrected chi connectivity index (χ1v) is 34.8. The lowest BCUT2D eigenvalue weighted by atomic mass is 10.0. The number of rotatable bonds is 61. The standard InChI is InChI=1S/C60H116O17P2/c1-5-9-13-17-20-23-25-26-27-28-29-32-35-39-43-47-60(65)76-55(50-70-57(62)44-40-36-16-12-8-4)52-74-78(66,67)72-48-54(61)49-73-79(68,69)75-53-56(77-59(64)46-42-38-34-30-22-19-15-11-7-3)51-71-58(63)45-41-37-33-31-24-21-18-14-10-6-2/h54-56,61H,5-53H2,1-4H3,(H,66,67)(H,68,69)/t54-,55+,56+/m0/s1. The molecule has 0 aliphatic carbocycles. The maximum atomic E-state index is 12.9. The zero-order valence-corrected chi connectivity index (χ0v) is 52.1. The summed E-state index contributed by atoms with van der Waals surface area (Å²) in [6, 6.07) is 0. The van der Waals surface area contributed by atoms with Gasteiger partial charge in [0.25, 0.3) is 0 Å². The van der Waals surface area contributed by atoms with Gasteiger partial charge in [0.05, 0.1) is 26.4 Å². The molecule has 5 atom stereocenters. The molecule has 0 spiro atoms. The van der Waals surface area contributed by atoms with Crippen LogP contribution in [0.5, 0.6) is 0 Å². The van der Waals surface area contributed by atoms with Crippen molar-refractivity contribution < 1.29 is 80.2 Å². The monoisotopic (exact) mass is 1170 g/mol. The van der Waals surface area contributed by atoms with Crippen LogP contribution in [0.1, 0.15) is 304 Å². The highest BCUT2D eigenvalue weighted by Crippen LogP contribution is 2.45. The van der Waals surface area contributed by atoms with Crippen LogP contribution in [0.2, 0.25) is 0 Å². The molecule has 0 amide bonds. The predicted octanol–water partition coefficient (Wildman–Crippen LogP) is 16.4. The largest absolute Gasteiger partial charge is 0.472 e. The van der Waals surface area contributed by atoms with Gasteiger partial charge in [0.1, 0.15) is 19.3 Å². The number of aliphatic hydroxyl groups is 1. The number of hydrogen-bond donors (Lipinski definition) is 3. The molecule has 0 saturated carbocycles. The van der Waals surface area contributed by atoms with Gasteiger partial charge in [-0.2, -0.15) is 0 Å². The van der Waals surface area contributed by atoms with E-state index in [1.165, 1.54) is 128 Å². The van der Waals surface area contributed by atoms with Gasteiger partial charge in [0.2, 0.25) is 0 Å². The minimum atomic E-state index is -4.93. The molecule has 0 aromatic carbocycles. The molecule has 0 bridgehead atoms. The molecule has 3 N–H and O–H groups in total. The molecule has 79 heavy (non-hydrogen) atoms. The van der Waals surface area contributed by atoms with Gasteiger partial charge < -0.3 is 33.8 Å². The molecule has 0 heterocycles. The van der Waals surface area contributed by atoms with Gasteiger partial charge in [0, 0.05) is 25.7 Å². The van der Waals surface area contributed by atoms with Crippen LogP contribution in [-0.4, -0.2) is 96.7 Å². The fraction of sp³-hybridized carbons (Fsp3) is 0.933. The number of esters is 4. The van der Waals surface area contributed by atoms with Crippen LogP contribution in [0, 0.1) is 0 Å². The molecule has 19 heteroatoms. The van der Waals surface area contributed by atoms with E-state index in [1.54, 1.807) is 0 Å². The zero-order chi connectivity index (χ0) is 58.3. The Bertz CT molecular complexity index is 1540. The molecule has 17 nitrogen and oxygen atoms in total. The highest BCUT2D eigenvalue weighted by atomic mass is 31.2. The van der Waals surface area contributed by atoms with E-state index in [4.69, 9.17) is 37.0 Å². The molecule has 468 valence electrons. The molecule has 0 aromatic heterocycles. The zero-order valence-electron chi connectivity index (χ0n) is 50.3. The average molecular weight is 1170 g/mol. The van der Waals surface area contributed by atoms with Gasteiger partial charge in [-0.3, -0.25) is 37.3 Å². The van der Waals surface area contributed by atoms with Gasteiger partial charge in [-0.1, -0.05) is 252 Å². The van der Waals surface area contributed by atoms with Gasteiger partial charge in [-0.25, -0.2) is 9.13 Å². The maximum Gasteiger partial charge on any atom is 0.472 e. The highest BCUT2D eigenvalue weighted by Gasteiger charge is 2.30. The number of hydrogen-bond acceptors (Lipinski definition) is 15. The smallest absolute Gasteiger partial charge is 0.462 e. The third kappa shape index (κ3) is 55.0. The molecule has 0 saturated heterocycles. The molecule has 0 rings (SSSR count). The first-order chi connectivity index (χ1) is 38.2. The summed E-state index contributed by atoms with van der Waals surface area (Å²) >= 11 is 0. The van der Waals surface area contributed by atoms with Crippen LogP contribution in [0.4, 0.5) is 0 Å². The van der Waals surface area contributed by atoms with Crippen molar-refractivity contribution in [1.29, 1.82) is 0 Å². The molecule has 0 fully saturated rings. The van der Waals surface area contributed by atoms with Crippen molar-refractivity contribution >= 4 is 39.5 Å². The molecule has 0 radical (unpaired) electrons. The second-order valence-electron chi connectivity index (χ2n) is 21.7. The second kappa shape index (κ2) is 55.3. The number of ether oxygens (including phenoxy) is 4. The van der Waals surface area contributed by atoms with E-state index in [1.807, 2.05) is 0 Å². The van der Waals surface area contributed by atoms with Crippen molar-refractivity contribution in [3.8, 4) is 0 Å². The molecular weight excluding hydrogens is 1050 g/mol. The minimum Gasteiger partial charge on any atom is -0.462 e. The Morgan fingerprint density at radius 1 is 0.304 bits per heavy atom. The Labute approximate surface area is 479 Å². The van der Waals surface area contributed by atoms with Crippen molar-refractivity contribution in [1.82, 2.24) is 0 Å². The van der Waals surface area contributed by atoms with Crippen molar-refractivity contribution in [2.45, 2.75) is 322 Å². The summed E-state index contributed by atoms with van der Waals surface area (Å²) in [5.74, 6) is -2.15. The first kappa shape index (κ1) is 77.1. The normalized spacial score (nSPS) is 14.3. The summed E-state index contributed by atoms with van der Waals surface area (Å²) in [6.07, 6.45) is 39.2. The lowest BCUT2D eigenvalue weighted by molar-refractivity contribution is -0.161. The van der Waals surface area contributed by atoms with E-state index in [-0.39, 0.29) is 25.7 Å². The van der Waals surface area contributed by atoms with Crippen LogP contribution in [0.15, 0.2) is 0 Å². The number of phosphoric ester groups is 2. The highest BCUT2D eigenvalue weighted by molar-refractivity contribution is 7.47. The van der Waals surface area contributed by atoms with Crippen LogP contribution in [-0.2, 0) is 65.4 Å². The predicted molar refractivity (Wildman–Crippen MR) is 312 cm³/mol. The number of carbonyl (C=O) groups excluding carboxylic acids is 4. The van der Waals surface area contributed by atoms with Gasteiger partial charge in [0.15, 0.2) is 12.2 Å². The molecule has 0 aromatic rings. The summed E-state index contributed by atoms with van der Waals surface area (Å²) in [5.41, 5.74) is 0. The van der Waals surface area contributed by atoms with E-state index in [2.05, 4.69) is 27.7 Å². The van der Waals surface area contributed by atoms with Gasteiger partial charge in [-0.15, -0.1) is 0 Å². The fourth-order valence-electron chi connectivity index (χ4n) is 8.93. The van der Waals surface area contributed by atoms with Gasteiger partial charge in [-0.05, 0) is 25.7 Å². The number of unbranched alkanes of at least 4 members (excludes halogenated alkanes) is 35. The number of aliphatic hydroxyl groups excluding tert-OH is 1. The minimum absolute atomic E-state index is 0.106. The third-order valence-corrected chi connectivity index (χ3v) is 15.8. The molecule has 0 aliphatic rings. The molecule has 0 aliphatic heterocycles. The Morgan fingerprint density at radius 3 is 0.747 bits per heavy atom. The summed E-state index contributed by atoms with van der Waals surface area (Å²) in [5, 5.41) is 10.5. The number of phosphoric acid groups is 2. The van der Waals surface area contributed by atoms with Crippen molar-refractivity contribution in [2.75, 3.05) is 39.6 Å². The van der Waals surface area contributed by atoms with E-state index >= 15 is 0 Å². The van der Waals surface area contributed by atoms with E-state index in [9.17, 15) is 43.2 Å². The van der Waals surface area contributed by atoms with Gasteiger partial charge >= 0.3 is 39.5 Å². The quantitative estimate of drug-likeness (QED) is 0.0222. The Hall–Kier alpha value is -1.94. The maximum absolute atomic E-state index is 12.9. The second-order valence-corrected chi connectivity index (χ2v) is 24.6. The van der Waals surface area contributed by atoms with E-state index in [0.717, 1.165) is 96.3 Å².